The monoisotopic (exact) mass is 355 g/mol. The zero-order valence-corrected chi connectivity index (χ0v) is 16.7. The van der Waals surface area contributed by atoms with Crippen molar-refractivity contribution in [1.82, 2.24) is 5.32 Å². The van der Waals surface area contributed by atoms with Crippen LogP contribution < -0.4 is 5.32 Å². The summed E-state index contributed by atoms with van der Waals surface area (Å²) in [6.45, 7) is 3.85. The third-order valence-corrected chi connectivity index (χ3v) is 4.62. The highest BCUT2D eigenvalue weighted by molar-refractivity contribution is 5.84. The van der Waals surface area contributed by atoms with Gasteiger partial charge in [-0.1, -0.05) is 77.6 Å². The molecule has 0 radical (unpaired) electrons. The summed E-state index contributed by atoms with van der Waals surface area (Å²) in [6, 6.07) is 0. The first kappa shape index (κ1) is 24.1. The van der Waals surface area contributed by atoms with Crippen LogP contribution in [-0.2, 0) is 9.59 Å². The summed E-state index contributed by atoms with van der Waals surface area (Å²) in [7, 11) is 0. The van der Waals surface area contributed by atoms with E-state index >= 15 is 0 Å². The van der Waals surface area contributed by atoms with Crippen molar-refractivity contribution in [3.63, 3.8) is 0 Å². The molecule has 1 amide bonds. The van der Waals surface area contributed by atoms with E-state index in [0.29, 0.717) is 6.42 Å². The molecule has 0 heterocycles. The number of hydrogen-bond acceptors (Lipinski definition) is 3. The number of Topliss-reactive ketones (excluding diaryl/α,β-unsaturated/α-hetero) is 1. The van der Waals surface area contributed by atoms with Crippen LogP contribution in [0.2, 0.25) is 0 Å². The lowest BCUT2D eigenvalue weighted by Crippen LogP contribution is -2.27. The standard InChI is InChI=1S/C21H41NO3/c1-3-4-5-12-15-20(24)16-13-10-8-6-7-9-11-14-17-21(25)22-18-19(2)23/h20,24H,3-18H2,1-2H3,(H,22,25). The predicted molar refractivity (Wildman–Crippen MR) is 105 cm³/mol. The number of ketones is 1. The minimum Gasteiger partial charge on any atom is -0.393 e. The van der Waals surface area contributed by atoms with Gasteiger partial charge in [-0.25, -0.2) is 0 Å². The molecule has 0 bridgehead atoms. The smallest absolute Gasteiger partial charge is 0.220 e. The van der Waals surface area contributed by atoms with E-state index < -0.39 is 0 Å². The van der Waals surface area contributed by atoms with Crippen LogP contribution in [0.1, 0.15) is 110 Å². The summed E-state index contributed by atoms with van der Waals surface area (Å²) in [5, 5.41) is 12.5. The number of amides is 1. The zero-order valence-electron chi connectivity index (χ0n) is 16.7. The van der Waals surface area contributed by atoms with Crippen LogP contribution in [-0.4, -0.2) is 29.4 Å². The Kier molecular flexibility index (Phi) is 17.3. The second-order valence-electron chi connectivity index (χ2n) is 7.35. The average Bonchev–Trinajstić information content (AvgIpc) is 2.58. The molecular weight excluding hydrogens is 314 g/mol. The van der Waals surface area contributed by atoms with Crippen molar-refractivity contribution < 1.29 is 14.7 Å². The molecule has 0 saturated heterocycles. The average molecular weight is 356 g/mol. The van der Waals surface area contributed by atoms with Crippen LogP contribution in [0.4, 0.5) is 0 Å². The van der Waals surface area contributed by atoms with E-state index in [1.165, 1.54) is 64.7 Å². The number of nitrogens with one attached hydrogen (secondary N) is 1. The Morgan fingerprint density at radius 1 is 0.800 bits per heavy atom. The lowest BCUT2D eigenvalue weighted by molar-refractivity contribution is -0.124. The fraction of sp³-hybridized carbons (Fsp3) is 0.905. The lowest BCUT2D eigenvalue weighted by Gasteiger charge is -2.10. The van der Waals surface area contributed by atoms with Crippen LogP contribution in [0.25, 0.3) is 0 Å². The van der Waals surface area contributed by atoms with Gasteiger partial charge in [-0.05, 0) is 26.2 Å². The number of aliphatic hydroxyl groups is 1. The molecule has 25 heavy (non-hydrogen) atoms. The van der Waals surface area contributed by atoms with E-state index in [2.05, 4.69) is 12.2 Å². The Balaban J connectivity index is 3.23. The highest BCUT2D eigenvalue weighted by atomic mass is 16.3. The SMILES string of the molecule is CCCCCCC(O)CCCCCCCCCCC(=O)NCC(C)=O. The van der Waals surface area contributed by atoms with Crippen molar-refractivity contribution >= 4 is 11.7 Å². The van der Waals surface area contributed by atoms with Crippen molar-refractivity contribution in [1.29, 1.82) is 0 Å². The molecule has 0 aliphatic rings. The third kappa shape index (κ3) is 19.3. The molecule has 0 fully saturated rings. The van der Waals surface area contributed by atoms with Gasteiger partial charge in [-0.15, -0.1) is 0 Å². The fourth-order valence-corrected chi connectivity index (χ4v) is 2.99. The van der Waals surface area contributed by atoms with Gasteiger partial charge in [0, 0.05) is 6.42 Å². The zero-order chi connectivity index (χ0) is 18.8. The number of carbonyl (C=O) groups excluding carboxylic acids is 2. The quantitative estimate of drug-likeness (QED) is 0.343. The van der Waals surface area contributed by atoms with Crippen molar-refractivity contribution in [3.05, 3.63) is 0 Å². The summed E-state index contributed by atoms with van der Waals surface area (Å²) < 4.78 is 0. The van der Waals surface area contributed by atoms with E-state index in [1.54, 1.807) is 0 Å². The molecule has 4 nitrogen and oxygen atoms in total. The topological polar surface area (TPSA) is 66.4 Å². The number of hydrogen-bond donors (Lipinski definition) is 2. The molecule has 0 spiro atoms. The van der Waals surface area contributed by atoms with Gasteiger partial charge in [0.15, 0.2) is 0 Å². The highest BCUT2D eigenvalue weighted by Crippen LogP contribution is 2.14. The van der Waals surface area contributed by atoms with Crippen LogP contribution in [0, 0.1) is 0 Å². The summed E-state index contributed by atoms with van der Waals surface area (Å²) in [5.74, 6) is -0.0131. The molecular formula is C21H41NO3. The van der Waals surface area contributed by atoms with Crippen molar-refractivity contribution in [2.75, 3.05) is 6.54 Å². The summed E-state index contributed by atoms with van der Waals surface area (Å²) in [6.07, 6.45) is 16.6. The number of carbonyl (C=O) groups is 2. The molecule has 2 N–H and O–H groups in total. The molecule has 4 heteroatoms. The molecule has 1 atom stereocenters. The van der Waals surface area contributed by atoms with Crippen molar-refractivity contribution in [3.8, 4) is 0 Å². The van der Waals surface area contributed by atoms with Gasteiger partial charge in [-0.3, -0.25) is 9.59 Å². The van der Waals surface area contributed by atoms with Gasteiger partial charge in [0.1, 0.15) is 5.78 Å². The van der Waals surface area contributed by atoms with Gasteiger partial charge in [-0.2, -0.15) is 0 Å². The molecule has 0 aliphatic carbocycles. The Bertz CT molecular complexity index is 331. The van der Waals surface area contributed by atoms with Gasteiger partial charge in [0.25, 0.3) is 0 Å². The van der Waals surface area contributed by atoms with E-state index in [0.717, 1.165) is 32.1 Å². The lowest BCUT2D eigenvalue weighted by atomic mass is 10.0. The number of unbranched alkanes of at least 4 members (excludes halogenated alkanes) is 10. The van der Waals surface area contributed by atoms with Crippen LogP contribution in [0.3, 0.4) is 0 Å². The van der Waals surface area contributed by atoms with Crippen LogP contribution in [0.5, 0.6) is 0 Å². The summed E-state index contributed by atoms with van der Waals surface area (Å²) >= 11 is 0. The van der Waals surface area contributed by atoms with E-state index in [4.69, 9.17) is 0 Å². The van der Waals surface area contributed by atoms with Gasteiger partial charge < -0.3 is 10.4 Å². The van der Waals surface area contributed by atoms with E-state index in [-0.39, 0.29) is 24.3 Å². The second kappa shape index (κ2) is 17.9. The Morgan fingerprint density at radius 2 is 1.28 bits per heavy atom. The van der Waals surface area contributed by atoms with Crippen molar-refractivity contribution in [2.24, 2.45) is 0 Å². The molecule has 0 aromatic carbocycles. The first-order chi connectivity index (χ1) is 12.1. The molecule has 148 valence electrons. The van der Waals surface area contributed by atoms with E-state index in [9.17, 15) is 14.7 Å². The normalized spacial score (nSPS) is 12.1. The van der Waals surface area contributed by atoms with Crippen LogP contribution in [0.15, 0.2) is 0 Å². The largest absolute Gasteiger partial charge is 0.393 e. The first-order valence-electron chi connectivity index (χ1n) is 10.5. The maximum absolute atomic E-state index is 11.4. The third-order valence-electron chi connectivity index (χ3n) is 4.62. The van der Waals surface area contributed by atoms with Crippen molar-refractivity contribution in [2.45, 2.75) is 116 Å². The second-order valence-corrected chi connectivity index (χ2v) is 7.35. The minimum absolute atomic E-state index is 0.00244. The fourth-order valence-electron chi connectivity index (χ4n) is 2.99. The Labute approximate surface area is 155 Å². The maximum Gasteiger partial charge on any atom is 0.220 e. The van der Waals surface area contributed by atoms with Crippen LogP contribution >= 0.6 is 0 Å². The molecule has 0 saturated carbocycles. The number of aliphatic hydroxyl groups excluding tert-OH is 1. The Hall–Kier alpha value is -0.900. The minimum atomic E-state index is -0.0917. The van der Waals surface area contributed by atoms with E-state index in [1.807, 2.05) is 0 Å². The molecule has 0 aromatic heterocycles. The Morgan fingerprint density at radius 3 is 1.80 bits per heavy atom. The first-order valence-corrected chi connectivity index (χ1v) is 10.5. The summed E-state index contributed by atoms with van der Waals surface area (Å²) in [4.78, 5) is 22.2. The van der Waals surface area contributed by atoms with Gasteiger partial charge in [0.2, 0.25) is 5.91 Å². The highest BCUT2D eigenvalue weighted by Gasteiger charge is 2.04. The van der Waals surface area contributed by atoms with Gasteiger partial charge in [0.05, 0.1) is 12.6 Å². The maximum atomic E-state index is 11.4. The van der Waals surface area contributed by atoms with Gasteiger partial charge >= 0.3 is 0 Å². The summed E-state index contributed by atoms with van der Waals surface area (Å²) in [5.41, 5.74) is 0. The predicted octanol–water partition coefficient (Wildman–Crippen LogP) is 4.92. The molecule has 0 aromatic rings. The number of rotatable bonds is 18. The molecule has 0 rings (SSSR count). The molecule has 0 aliphatic heterocycles. The molecule has 1 unspecified atom stereocenters.